The molecule has 3 rings (SSSR count). The van der Waals surface area contributed by atoms with Crippen molar-refractivity contribution in [2.75, 3.05) is 6.54 Å². The van der Waals surface area contributed by atoms with Crippen LogP contribution in [0.4, 0.5) is 0 Å². The van der Waals surface area contributed by atoms with Crippen molar-refractivity contribution >= 4 is 28.2 Å². The molecule has 1 amide bonds. The van der Waals surface area contributed by atoms with Gasteiger partial charge in [0.25, 0.3) is 11.5 Å². The lowest BCUT2D eigenvalue weighted by atomic mass is 10.2. The summed E-state index contributed by atoms with van der Waals surface area (Å²) in [6, 6.07) is 0. The molecule has 0 aliphatic heterocycles. The van der Waals surface area contributed by atoms with Crippen LogP contribution in [0.5, 0.6) is 5.88 Å². The zero-order valence-electron chi connectivity index (χ0n) is 12.2. The third-order valence-corrected chi connectivity index (χ3v) is 4.93. The Labute approximate surface area is 134 Å². The molecule has 0 saturated carbocycles. The molecule has 1 aliphatic rings. The molecule has 0 atom stereocenters. The first-order chi connectivity index (χ1) is 11.0. The van der Waals surface area contributed by atoms with Crippen LogP contribution in [0, 0.1) is 0 Å². The lowest BCUT2D eigenvalue weighted by Crippen LogP contribution is -2.35. The second-order valence-electron chi connectivity index (χ2n) is 5.34. The van der Waals surface area contributed by atoms with Gasteiger partial charge in [-0.25, -0.2) is 0 Å². The summed E-state index contributed by atoms with van der Waals surface area (Å²) in [5, 5.41) is 20.6. The number of aromatic nitrogens is 2. The van der Waals surface area contributed by atoms with Gasteiger partial charge in [-0.05, 0) is 25.7 Å². The Balaban J connectivity index is 2.12. The van der Waals surface area contributed by atoms with Crippen LogP contribution >= 0.6 is 11.3 Å². The molecule has 1 aliphatic carbocycles. The number of nitrogens with one attached hydrogen (secondary N) is 1. The minimum atomic E-state index is -1.24. The average Bonchev–Trinajstić information content (AvgIpc) is 2.67. The highest BCUT2D eigenvalue weighted by molar-refractivity contribution is 7.17. The second kappa shape index (κ2) is 5.99. The van der Waals surface area contributed by atoms with Crippen molar-refractivity contribution in [1.29, 1.82) is 0 Å². The Bertz CT molecular complexity index is 854. The smallest absolute Gasteiger partial charge is 0.322 e. The maximum Gasteiger partial charge on any atom is 0.322 e. The van der Waals surface area contributed by atoms with Crippen molar-refractivity contribution in [3.05, 3.63) is 26.5 Å². The minimum Gasteiger partial charge on any atom is -0.492 e. The van der Waals surface area contributed by atoms with E-state index in [0.717, 1.165) is 42.7 Å². The number of carboxylic acid groups (broad SMARTS) is 1. The molecule has 2 heterocycles. The summed E-state index contributed by atoms with van der Waals surface area (Å²) in [5.74, 6) is -2.85. The molecule has 8 nitrogen and oxygen atoms in total. The molecule has 0 saturated heterocycles. The number of carbonyl (C=O) groups excluding carboxylic acids is 1. The van der Waals surface area contributed by atoms with E-state index in [2.05, 4.69) is 10.3 Å². The van der Waals surface area contributed by atoms with Crippen LogP contribution in [0.25, 0.3) is 4.96 Å². The second-order valence-corrected chi connectivity index (χ2v) is 6.40. The van der Waals surface area contributed by atoms with Gasteiger partial charge in [-0.3, -0.25) is 18.8 Å². The Morgan fingerprint density at radius 1 is 1.26 bits per heavy atom. The summed E-state index contributed by atoms with van der Waals surface area (Å²) in [6.45, 7) is -0.637. The molecule has 0 bridgehead atoms. The van der Waals surface area contributed by atoms with Crippen molar-refractivity contribution in [2.45, 2.75) is 32.1 Å². The van der Waals surface area contributed by atoms with E-state index in [1.54, 1.807) is 0 Å². The number of carboxylic acids is 1. The van der Waals surface area contributed by atoms with Gasteiger partial charge in [-0.15, -0.1) is 11.3 Å². The minimum absolute atomic E-state index is 0.356. The zero-order chi connectivity index (χ0) is 16.6. The van der Waals surface area contributed by atoms with Crippen molar-refractivity contribution in [1.82, 2.24) is 14.7 Å². The molecule has 2 aromatic heterocycles. The number of rotatable bonds is 3. The highest BCUT2D eigenvalue weighted by Crippen LogP contribution is 2.28. The first-order valence-electron chi connectivity index (χ1n) is 7.25. The van der Waals surface area contributed by atoms with Gasteiger partial charge in [0.15, 0.2) is 10.5 Å². The molecule has 0 fully saturated rings. The van der Waals surface area contributed by atoms with E-state index < -0.39 is 35.4 Å². The fraction of sp³-hybridized carbons (Fsp3) is 0.429. The number of nitrogens with zero attached hydrogens (tertiary/aromatic N) is 2. The predicted molar refractivity (Wildman–Crippen MR) is 82.2 cm³/mol. The molecule has 0 spiro atoms. The highest BCUT2D eigenvalue weighted by Gasteiger charge is 2.24. The highest BCUT2D eigenvalue weighted by atomic mass is 32.1. The molecule has 0 aromatic carbocycles. The largest absolute Gasteiger partial charge is 0.492 e. The van der Waals surface area contributed by atoms with Gasteiger partial charge in [0.1, 0.15) is 6.54 Å². The summed E-state index contributed by atoms with van der Waals surface area (Å²) in [4.78, 5) is 40.5. The van der Waals surface area contributed by atoms with Crippen molar-refractivity contribution in [3.63, 3.8) is 0 Å². The molecule has 9 heteroatoms. The number of aliphatic carboxylic acids is 1. The molecule has 0 radical (unpaired) electrons. The summed E-state index contributed by atoms with van der Waals surface area (Å²) in [7, 11) is 0. The molecule has 23 heavy (non-hydrogen) atoms. The quantitative estimate of drug-likeness (QED) is 0.703. The van der Waals surface area contributed by atoms with Gasteiger partial charge < -0.3 is 15.5 Å². The number of hydrogen-bond acceptors (Lipinski definition) is 6. The van der Waals surface area contributed by atoms with E-state index in [9.17, 15) is 19.5 Å². The average molecular weight is 337 g/mol. The molecule has 2 aromatic rings. The molecule has 3 N–H and O–H groups in total. The van der Waals surface area contributed by atoms with Gasteiger partial charge in [-0.1, -0.05) is 6.42 Å². The van der Waals surface area contributed by atoms with Crippen molar-refractivity contribution < 1.29 is 19.8 Å². The summed E-state index contributed by atoms with van der Waals surface area (Å²) in [6.07, 6.45) is 4.64. The van der Waals surface area contributed by atoms with Crippen LogP contribution in [0.3, 0.4) is 0 Å². The Hall–Kier alpha value is -2.42. The number of hydrogen-bond donors (Lipinski definition) is 3. The fourth-order valence-corrected chi connectivity index (χ4v) is 3.93. The Morgan fingerprint density at radius 3 is 2.74 bits per heavy atom. The summed E-state index contributed by atoms with van der Waals surface area (Å²) < 4.78 is 1.38. The summed E-state index contributed by atoms with van der Waals surface area (Å²) >= 11 is 1.35. The van der Waals surface area contributed by atoms with Crippen molar-refractivity contribution in [3.8, 4) is 5.88 Å². The first kappa shape index (κ1) is 15.5. The molecule has 0 unspecified atom stereocenters. The fourth-order valence-electron chi connectivity index (χ4n) is 2.74. The third-order valence-electron chi connectivity index (χ3n) is 3.78. The normalized spacial score (nSPS) is 14.3. The van der Waals surface area contributed by atoms with E-state index in [1.807, 2.05) is 0 Å². The van der Waals surface area contributed by atoms with Crippen LogP contribution in [-0.2, 0) is 17.6 Å². The van der Waals surface area contributed by atoms with Gasteiger partial charge >= 0.3 is 5.97 Å². The number of aromatic hydroxyl groups is 1. The number of fused-ring (bicyclic) bond motifs is 3. The van der Waals surface area contributed by atoms with Crippen LogP contribution in [0.15, 0.2) is 4.79 Å². The number of aryl methyl sites for hydroxylation is 2. The van der Waals surface area contributed by atoms with E-state index in [0.29, 0.717) is 4.96 Å². The Morgan fingerprint density at radius 2 is 2.00 bits per heavy atom. The van der Waals surface area contributed by atoms with Crippen LogP contribution in [-0.4, -0.2) is 38.0 Å². The zero-order valence-corrected chi connectivity index (χ0v) is 13.0. The summed E-state index contributed by atoms with van der Waals surface area (Å²) in [5.41, 5.74) is -0.337. The van der Waals surface area contributed by atoms with Crippen LogP contribution in [0.2, 0.25) is 0 Å². The predicted octanol–water partition coefficient (Wildman–Crippen LogP) is 0.545. The van der Waals surface area contributed by atoms with Crippen molar-refractivity contribution in [2.24, 2.45) is 0 Å². The Kier molecular flexibility index (Phi) is 4.03. The van der Waals surface area contributed by atoms with Crippen LogP contribution in [0.1, 0.15) is 40.2 Å². The lowest BCUT2D eigenvalue weighted by Gasteiger charge is -2.06. The van der Waals surface area contributed by atoms with E-state index >= 15 is 0 Å². The van der Waals surface area contributed by atoms with Gasteiger partial charge in [0.05, 0.1) is 0 Å². The first-order valence-corrected chi connectivity index (χ1v) is 8.07. The standard InChI is InChI=1S/C14H15N3O5S/c18-9(19)6-15-11(20)10-12(21)16-14-17(13(10)22)7-4-2-1-3-5-8(7)23-14/h21H,1-6H2,(H,15,20)(H,18,19). The van der Waals surface area contributed by atoms with Gasteiger partial charge in [0, 0.05) is 10.6 Å². The molecular weight excluding hydrogens is 322 g/mol. The SMILES string of the molecule is O=C(O)CNC(=O)c1c(O)nc2sc3c(n2c1=O)CCCCC3. The van der Waals surface area contributed by atoms with E-state index in [4.69, 9.17) is 5.11 Å². The van der Waals surface area contributed by atoms with E-state index in [-0.39, 0.29) is 0 Å². The monoisotopic (exact) mass is 337 g/mol. The number of carbonyl (C=O) groups is 2. The third kappa shape index (κ3) is 2.79. The van der Waals surface area contributed by atoms with Gasteiger partial charge in [0.2, 0.25) is 5.88 Å². The maximum absolute atomic E-state index is 12.6. The number of amides is 1. The maximum atomic E-state index is 12.6. The molecular formula is C14H15N3O5S. The topological polar surface area (TPSA) is 121 Å². The lowest BCUT2D eigenvalue weighted by molar-refractivity contribution is -0.135. The van der Waals surface area contributed by atoms with Crippen LogP contribution < -0.4 is 10.9 Å². The van der Waals surface area contributed by atoms with E-state index in [1.165, 1.54) is 15.7 Å². The number of thiazole rings is 1. The van der Waals surface area contributed by atoms with Gasteiger partial charge in [-0.2, -0.15) is 4.98 Å². The molecule has 122 valence electrons.